The maximum absolute atomic E-state index is 5.96. The summed E-state index contributed by atoms with van der Waals surface area (Å²) in [6.07, 6.45) is 2.11. The van der Waals surface area contributed by atoms with Gasteiger partial charge in [-0.2, -0.15) is 25.3 Å². The second-order valence-corrected chi connectivity index (χ2v) is 12.2. The summed E-state index contributed by atoms with van der Waals surface area (Å²) in [6.45, 7) is 7.77. The Labute approximate surface area is 132 Å². The minimum absolute atomic E-state index is 0.416. The maximum Gasteiger partial charge on any atom is 0.387 e. The van der Waals surface area contributed by atoms with Crippen molar-refractivity contribution in [2.45, 2.75) is 44.4 Å². The van der Waals surface area contributed by atoms with E-state index in [0.29, 0.717) is 18.4 Å². The van der Waals surface area contributed by atoms with Crippen molar-refractivity contribution < 1.29 is 13.3 Å². The lowest BCUT2D eigenvalue weighted by Gasteiger charge is -2.36. The molecule has 115 valence electrons. The molecule has 0 N–H and O–H groups in total. The first-order chi connectivity index (χ1) is 9.09. The van der Waals surface area contributed by atoms with Gasteiger partial charge in [-0.1, -0.05) is 0 Å². The van der Waals surface area contributed by atoms with E-state index in [-0.39, 0.29) is 0 Å². The van der Waals surface area contributed by atoms with Crippen LogP contribution in [0.3, 0.4) is 0 Å². The van der Waals surface area contributed by atoms with Crippen molar-refractivity contribution in [1.29, 1.82) is 0 Å². The fourth-order valence-electron chi connectivity index (χ4n) is 2.18. The lowest BCUT2D eigenvalue weighted by atomic mass is 10.5. The quantitative estimate of drug-likeness (QED) is 0.421. The molecule has 3 nitrogen and oxygen atoms in total. The van der Waals surface area contributed by atoms with Crippen LogP contribution in [0.2, 0.25) is 17.8 Å². The zero-order valence-electron chi connectivity index (χ0n) is 12.6. The van der Waals surface area contributed by atoms with E-state index in [1.807, 2.05) is 21.0 Å². The van der Waals surface area contributed by atoms with Crippen LogP contribution in [0, 0.1) is 0 Å². The molecule has 0 amide bonds. The third-order valence-corrected chi connectivity index (χ3v) is 12.5. The highest BCUT2D eigenvalue weighted by Gasteiger charge is 2.45. The molecular weight excluding hydrogens is 312 g/mol. The molecule has 0 rings (SSSR count). The average Bonchev–Trinajstić information content (AvgIpc) is 2.42. The van der Waals surface area contributed by atoms with Crippen molar-refractivity contribution in [1.82, 2.24) is 0 Å². The standard InChI is InChI=1S/C12H29O3S2Si2/c1-5-14-18(15-6-2)12(8-10-17)19(4,13-3)11-7-9-16/h12,16-17H,5-11H2,1-4H3. The van der Waals surface area contributed by atoms with E-state index in [9.17, 15) is 0 Å². The Balaban J connectivity index is 4.96. The molecule has 2 unspecified atom stereocenters. The first-order valence-electron chi connectivity index (χ1n) is 6.98. The monoisotopic (exact) mass is 341 g/mol. The number of hydrogen-bond acceptors (Lipinski definition) is 5. The van der Waals surface area contributed by atoms with Crippen LogP contribution in [-0.4, -0.2) is 49.4 Å². The molecule has 0 aliphatic rings. The van der Waals surface area contributed by atoms with Gasteiger partial charge in [0.15, 0.2) is 8.32 Å². The van der Waals surface area contributed by atoms with Crippen molar-refractivity contribution in [2.75, 3.05) is 31.8 Å². The molecule has 0 heterocycles. The Morgan fingerprint density at radius 2 is 1.68 bits per heavy atom. The Bertz CT molecular complexity index is 219. The lowest BCUT2D eigenvalue weighted by molar-refractivity contribution is 0.206. The zero-order chi connectivity index (χ0) is 14.7. The van der Waals surface area contributed by atoms with Crippen LogP contribution in [0.1, 0.15) is 26.7 Å². The molecule has 0 saturated heterocycles. The predicted molar refractivity (Wildman–Crippen MR) is 93.1 cm³/mol. The summed E-state index contributed by atoms with van der Waals surface area (Å²) in [5.41, 5.74) is 0. The summed E-state index contributed by atoms with van der Waals surface area (Å²) in [7, 11) is -1.28. The van der Waals surface area contributed by atoms with E-state index < -0.39 is 17.6 Å². The van der Waals surface area contributed by atoms with Gasteiger partial charge in [0.1, 0.15) is 0 Å². The van der Waals surface area contributed by atoms with Crippen molar-refractivity contribution >= 4 is 42.9 Å². The van der Waals surface area contributed by atoms with Gasteiger partial charge in [0, 0.05) is 25.5 Å². The largest absolute Gasteiger partial charge is 0.420 e. The minimum atomic E-state index is -1.83. The Morgan fingerprint density at radius 3 is 2.05 bits per heavy atom. The molecule has 0 bridgehead atoms. The average molecular weight is 342 g/mol. The van der Waals surface area contributed by atoms with Gasteiger partial charge in [0.05, 0.1) is 0 Å². The van der Waals surface area contributed by atoms with Crippen LogP contribution in [0.25, 0.3) is 0 Å². The summed E-state index contributed by atoms with van der Waals surface area (Å²) < 4.78 is 17.8. The second-order valence-electron chi connectivity index (χ2n) is 4.59. The highest BCUT2D eigenvalue weighted by molar-refractivity contribution is 7.80. The van der Waals surface area contributed by atoms with Crippen molar-refractivity contribution in [3.8, 4) is 0 Å². The summed E-state index contributed by atoms with van der Waals surface area (Å²) in [4.78, 5) is 0. The molecule has 7 heteroatoms. The molecule has 0 aromatic heterocycles. The third kappa shape index (κ3) is 7.01. The van der Waals surface area contributed by atoms with E-state index in [2.05, 4.69) is 31.8 Å². The molecular formula is C12H29O3S2Si2. The van der Waals surface area contributed by atoms with Gasteiger partial charge in [0.25, 0.3) is 0 Å². The second kappa shape index (κ2) is 11.6. The summed E-state index contributed by atoms with van der Waals surface area (Å²) in [6, 6.07) is 1.11. The molecule has 0 aromatic rings. The van der Waals surface area contributed by atoms with Crippen molar-refractivity contribution in [3.63, 3.8) is 0 Å². The highest BCUT2D eigenvalue weighted by atomic mass is 32.1. The number of hydrogen-bond donors (Lipinski definition) is 2. The van der Waals surface area contributed by atoms with Crippen molar-refractivity contribution in [2.24, 2.45) is 0 Å². The smallest absolute Gasteiger partial charge is 0.387 e. The Morgan fingerprint density at radius 1 is 1.11 bits per heavy atom. The SMILES string of the molecule is CCO[Si](OCC)C(CCS)[Si](C)(CCCS)OC. The van der Waals surface area contributed by atoms with E-state index in [1.165, 1.54) is 0 Å². The third-order valence-electron chi connectivity index (χ3n) is 3.31. The van der Waals surface area contributed by atoms with Gasteiger partial charge < -0.3 is 13.3 Å². The fraction of sp³-hybridized carbons (Fsp3) is 1.00. The van der Waals surface area contributed by atoms with Gasteiger partial charge in [-0.15, -0.1) is 0 Å². The summed E-state index contributed by atoms with van der Waals surface area (Å²) in [5.74, 6) is 1.76. The van der Waals surface area contributed by atoms with Crippen molar-refractivity contribution in [3.05, 3.63) is 0 Å². The molecule has 0 spiro atoms. The summed E-state index contributed by atoms with van der Waals surface area (Å²) >= 11 is 8.73. The summed E-state index contributed by atoms with van der Waals surface area (Å²) in [5, 5.41) is 0.416. The van der Waals surface area contributed by atoms with E-state index >= 15 is 0 Å². The van der Waals surface area contributed by atoms with E-state index in [4.69, 9.17) is 13.3 Å². The fourth-order valence-corrected chi connectivity index (χ4v) is 10.6. The first-order valence-corrected chi connectivity index (χ1v) is 12.3. The van der Waals surface area contributed by atoms with Crippen LogP contribution in [0.4, 0.5) is 0 Å². The number of thiol groups is 2. The minimum Gasteiger partial charge on any atom is -0.420 e. The van der Waals surface area contributed by atoms with Crippen LogP contribution in [0.5, 0.6) is 0 Å². The van der Waals surface area contributed by atoms with E-state index in [1.54, 1.807) is 0 Å². The highest BCUT2D eigenvalue weighted by Crippen LogP contribution is 2.34. The molecule has 0 saturated carbocycles. The maximum atomic E-state index is 5.96. The number of rotatable bonds is 12. The van der Waals surface area contributed by atoms with Gasteiger partial charge in [0.2, 0.25) is 0 Å². The van der Waals surface area contributed by atoms with Gasteiger partial charge in [-0.3, -0.25) is 0 Å². The van der Waals surface area contributed by atoms with Crippen LogP contribution < -0.4 is 0 Å². The Hall–Kier alpha value is 1.01. The van der Waals surface area contributed by atoms with Gasteiger partial charge in [-0.25, -0.2) is 0 Å². The van der Waals surface area contributed by atoms with Crippen LogP contribution >= 0.6 is 25.3 Å². The van der Waals surface area contributed by atoms with Gasteiger partial charge >= 0.3 is 9.28 Å². The molecule has 1 radical (unpaired) electrons. The zero-order valence-corrected chi connectivity index (χ0v) is 16.4. The molecule has 2 atom stereocenters. The van der Waals surface area contributed by atoms with Gasteiger partial charge in [-0.05, 0) is 50.8 Å². The molecule has 0 aliphatic heterocycles. The topological polar surface area (TPSA) is 27.7 Å². The molecule has 0 fully saturated rings. The lowest BCUT2D eigenvalue weighted by Crippen LogP contribution is -2.49. The Kier molecular flexibility index (Phi) is 12.3. The molecule has 0 aromatic carbocycles. The van der Waals surface area contributed by atoms with Crippen LogP contribution in [0.15, 0.2) is 0 Å². The first kappa shape index (κ1) is 20.0. The predicted octanol–water partition coefficient (Wildman–Crippen LogP) is 3.32. The normalized spacial score (nSPS) is 16.6. The van der Waals surface area contributed by atoms with E-state index in [0.717, 1.165) is 30.4 Å². The van der Waals surface area contributed by atoms with Crippen LogP contribution in [-0.2, 0) is 13.3 Å². The molecule has 0 aliphatic carbocycles. The molecule has 19 heavy (non-hydrogen) atoms.